The molecule has 0 spiro atoms. The molecule has 9 heteroatoms. The molecule has 0 saturated carbocycles. The third-order valence-electron chi connectivity index (χ3n) is 6.08. The summed E-state index contributed by atoms with van der Waals surface area (Å²) in [5.41, 5.74) is 0.929. The maximum atomic E-state index is 13.1. The van der Waals surface area contributed by atoms with Crippen molar-refractivity contribution in [2.45, 2.75) is 48.6 Å². The van der Waals surface area contributed by atoms with Gasteiger partial charge in [0.1, 0.15) is 4.21 Å². The Balaban J connectivity index is 1.50. The van der Waals surface area contributed by atoms with Gasteiger partial charge in [0, 0.05) is 31.9 Å². The first kappa shape index (κ1) is 23.7. The molecule has 0 amide bonds. The SMILES string of the molecule is CC(C)(O)c1ccc(N2CCN(S(=O)(=O)c3cccs3)C[C@@H]2COCC2CCCO2)cc1. The molecule has 2 atom stereocenters. The van der Waals surface area contributed by atoms with Gasteiger partial charge in [-0.15, -0.1) is 11.3 Å². The Morgan fingerprint density at radius 2 is 1.97 bits per heavy atom. The van der Waals surface area contributed by atoms with Crippen molar-refractivity contribution in [3.63, 3.8) is 0 Å². The molecule has 2 aromatic rings. The van der Waals surface area contributed by atoms with E-state index in [0.29, 0.717) is 37.1 Å². The first-order valence-electron chi connectivity index (χ1n) is 11.1. The van der Waals surface area contributed by atoms with Crippen LogP contribution in [0.2, 0.25) is 0 Å². The quantitative estimate of drug-likeness (QED) is 0.626. The van der Waals surface area contributed by atoms with Gasteiger partial charge in [-0.2, -0.15) is 4.31 Å². The topological polar surface area (TPSA) is 79.3 Å². The van der Waals surface area contributed by atoms with E-state index in [2.05, 4.69) is 4.90 Å². The molecule has 0 aliphatic carbocycles. The molecule has 1 N–H and O–H groups in total. The van der Waals surface area contributed by atoms with Crippen molar-refractivity contribution in [2.75, 3.05) is 44.4 Å². The summed E-state index contributed by atoms with van der Waals surface area (Å²) in [6, 6.07) is 11.1. The summed E-state index contributed by atoms with van der Waals surface area (Å²) in [7, 11) is -3.51. The van der Waals surface area contributed by atoms with Gasteiger partial charge in [0.2, 0.25) is 0 Å². The molecular weight excluding hydrogens is 448 g/mol. The van der Waals surface area contributed by atoms with Gasteiger partial charge in [-0.05, 0) is 55.8 Å². The Morgan fingerprint density at radius 1 is 1.19 bits per heavy atom. The van der Waals surface area contributed by atoms with E-state index in [4.69, 9.17) is 9.47 Å². The highest BCUT2D eigenvalue weighted by atomic mass is 32.2. The van der Waals surface area contributed by atoms with Crippen molar-refractivity contribution in [1.82, 2.24) is 4.31 Å². The maximum absolute atomic E-state index is 13.1. The Hall–Kier alpha value is -1.49. The minimum Gasteiger partial charge on any atom is -0.386 e. The van der Waals surface area contributed by atoms with E-state index in [-0.39, 0.29) is 12.1 Å². The van der Waals surface area contributed by atoms with Crippen LogP contribution >= 0.6 is 11.3 Å². The van der Waals surface area contributed by atoms with Gasteiger partial charge in [-0.1, -0.05) is 18.2 Å². The Bertz CT molecular complexity index is 965. The van der Waals surface area contributed by atoms with E-state index in [9.17, 15) is 13.5 Å². The van der Waals surface area contributed by atoms with Crippen LogP contribution in [0.5, 0.6) is 0 Å². The molecule has 7 nitrogen and oxygen atoms in total. The van der Waals surface area contributed by atoms with Crippen molar-refractivity contribution < 1.29 is 23.0 Å². The second kappa shape index (κ2) is 9.79. The van der Waals surface area contributed by atoms with Crippen LogP contribution in [0.15, 0.2) is 46.0 Å². The van der Waals surface area contributed by atoms with Gasteiger partial charge < -0.3 is 19.5 Å². The molecule has 4 rings (SSSR count). The number of aliphatic hydroxyl groups is 1. The van der Waals surface area contributed by atoms with E-state index in [0.717, 1.165) is 30.7 Å². The number of piperazine rings is 1. The Kier molecular flexibility index (Phi) is 7.24. The van der Waals surface area contributed by atoms with Crippen molar-refractivity contribution in [3.8, 4) is 0 Å². The molecule has 1 unspecified atom stereocenters. The monoisotopic (exact) mass is 480 g/mol. The predicted molar refractivity (Wildman–Crippen MR) is 126 cm³/mol. The van der Waals surface area contributed by atoms with E-state index in [1.165, 1.54) is 11.3 Å². The zero-order valence-electron chi connectivity index (χ0n) is 18.6. The first-order chi connectivity index (χ1) is 15.2. The van der Waals surface area contributed by atoms with Crippen LogP contribution in [0, 0.1) is 0 Å². The van der Waals surface area contributed by atoms with Gasteiger partial charge in [-0.25, -0.2) is 8.42 Å². The molecule has 176 valence electrons. The highest BCUT2D eigenvalue weighted by Gasteiger charge is 2.35. The Morgan fingerprint density at radius 3 is 2.59 bits per heavy atom. The van der Waals surface area contributed by atoms with E-state index < -0.39 is 15.6 Å². The normalized spacial score (nSPS) is 23.0. The number of rotatable bonds is 8. The number of thiophene rings is 1. The van der Waals surface area contributed by atoms with E-state index >= 15 is 0 Å². The number of ether oxygens (including phenoxy) is 2. The molecular formula is C23H32N2O5S2. The molecule has 2 aliphatic heterocycles. The third kappa shape index (κ3) is 5.35. The summed E-state index contributed by atoms with van der Waals surface area (Å²) in [5.74, 6) is 0. The average molecular weight is 481 g/mol. The number of hydrogen-bond donors (Lipinski definition) is 1. The zero-order chi connectivity index (χ0) is 22.8. The van der Waals surface area contributed by atoms with Gasteiger partial charge >= 0.3 is 0 Å². The molecule has 1 aromatic heterocycles. The molecule has 0 radical (unpaired) electrons. The summed E-state index contributed by atoms with van der Waals surface area (Å²) in [5, 5.41) is 12.0. The average Bonchev–Trinajstić information content (AvgIpc) is 3.48. The molecule has 0 bridgehead atoms. The largest absolute Gasteiger partial charge is 0.386 e. The molecule has 2 saturated heterocycles. The van der Waals surface area contributed by atoms with Crippen LogP contribution in [0.1, 0.15) is 32.3 Å². The van der Waals surface area contributed by atoms with Crippen molar-refractivity contribution in [3.05, 3.63) is 47.3 Å². The van der Waals surface area contributed by atoms with Crippen LogP contribution in [0.3, 0.4) is 0 Å². The van der Waals surface area contributed by atoms with E-state index in [1.807, 2.05) is 24.3 Å². The third-order valence-corrected chi connectivity index (χ3v) is 9.32. The number of sulfonamides is 1. The Labute approximate surface area is 194 Å². The molecule has 1 aromatic carbocycles. The maximum Gasteiger partial charge on any atom is 0.252 e. The van der Waals surface area contributed by atoms with Crippen LogP contribution in [-0.4, -0.2) is 69.4 Å². The van der Waals surface area contributed by atoms with Crippen LogP contribution < -0.4 is 4.90 Å². The fourth-order valence-electron chi connectivity index (χ4n) is 4.24. The number of anilines is 1. The molecule has 3 heterocycles. The van der Waals surface area contributed by atoms with Gasteiger partial charge in [0.05, 0.1) is 31.0 Å². The summed E-state index contributed by atoms with van der Waals surface area (Å²) < 4.78 is 39.8. The fraction of sp³-hybridized carbons (Fsp3) is 0.565. The molecule has 2 aliphatic rings. The van der Waals surface area contributed by atoms with Crippen LogP contribution in [0.25, 0.3) is 0 Å². The van der Waals surface area contributed by atoms with Crippen LogP contribution in [-0.2, 0) is 25.1 Å². The number of benzene rings is 1. The van der Waals surface area contributed by atoms with E-state index in [1.54, 1.807) is 35.7 Å². The summed E-state index contributed by atoms with van der Waals surface area (Å²) in [6.45, 7) is 6.60. The minimum absolute atomic E-state index is 0.118. The number of nitrogens with zero attached hydrogens (tertiary/aromatic N) is 2. The number of hydrogen-bond acceptors (Lipinski definition) is 7. The minimum atomic E-state index is -3.51. The van der Waals surface area contributed by atoms with Crippen molar-refractivity contribution in [2.24, 2.45) is 0 Å². The lowest BCUT2D eigenvalue weighted by molar-refractivity contribution is 0.00985. The summed E-state index contributed by atoms with van der Waals surface area (Å²) in [4.78, 5) is 2.21. The van der Waals surface area contributed by atoms with Crippen molar-refractivity contribution >= 4 is 27.0 Å². The highest BCUT2D eigenvalue weighted by Crippen LogP contribution is 2.29. The first-order valence-corrected chi connectivity index (χ1v) is 13.4. The zero-order valence-corrected chi connectivity index (χ0v) is 20.3. The predicted octanol–water partition coefficient (Wildman–Crippen LogP) is 3.05. The van der Waals surface area contributed by atoms with Gasteiger partial charge in [-0.3, -0.25) is 0 Å². The van der Waals surface area contributed by atoms with Crippen molar-refractivity contribution in [1.29, 1.82) is 0 Å². The fourth-order valence-corrected chi connectivity index (χ4v) is 6.85. The molecule has 32 heavy (non-hydrogen) atoms. The molecule has 2 fully saturated rings. The summed E-state index contributed by atoms with van der Waals surface area (Å²) in [6.07, 6.45) is 2.19. The van der Waals surface area contributed by atoms with Gasteiger partial charge in [0.25, 0.3) is 10.0 Å². The summed E-state index contributed by atoms with van der Waals surface area (Å²) >= 11 is 1.25. The highest BCUT2D eigenvalue weighted by molar-refractivity contribution is 7.91. The van der Waals surface area contributed by atoms with Gasteiger partial charge in [0.15, 0.2) is 0 Å². The standard InChI is InChI=1S/C23H32N2O5S2/c1-23(2,26)18-7-9-19(10-8-18)25-12-11-24(32(27,28)22-6-4-14-31-22)15-20(25)16-29-17-21-5-3-13-30-21/h4,6-10,14,20-21,26H,3,5,11-13,15-17H2,1-2H3/t20-,21?/m1/s1. The van der Waals surface area contributed by atoms with Crippen LogP contribution in [0.4, 0.5) is 5.69 Å². The second-order valence-corrected chi connectivity index (χ2v) is 12.0. The lowest BCUT2D eigenvalue weighted by Crippen LogP contribution is -2.56. The lowest BCUT2D eigenvalue weighted by atomic mass is 9.98. The smallest absolute Gasteiger partial charge is 0.252 e. The second-order valence-electron chi connectivity index (χ2n) is 8.92. The lowest BCUT2D eigenvalue weighted by Gasteiger charge is -2.42.